The molecule has 0 bridgehead atoms. The summed E-state index contributed by atoms with van der Waals surface area (Å²) in [6.07, 6.45) is 5.42. The number of hydrogen-bond donors (Lipinski definition) is 2. The number of pyridine rings is 1. The lowest BCUT2D eigenvalue weighted by Crippen LogP contribution is -2.25. The average Bonchev–Trinajstić information content (AvgIpc) is 3.31. The Morgan fingerprint density at radius 1 is 1.20 bits per heavy atom. The fourth-order valence-electron chi connectivity index (χ4n) is 5.74. The average molecular weight is 473 g/mol. The zero-order valence-electron chi connectivity index (χ0n) is 19.7. The van der Waals surface area contributed by atoms with Gasteiger partial charge in [0.2, 0.25) is 0 Å². The van der Waals surface area contributed by atoms with Gasteiger partial charge in [-0.2, -0.15) is 0 Å². The number of nitrogens with one attached hydrogen (secondary N) is 1. The predicted molar refractivity (Wildman–Crippen MR) is 133 cm³/mol. The zero-order valence-corrected chi connectivity index (χ0v) is 19.7. The summed E-state index contributed by atoms with van der Waals surface area (Å²) in [5.41, 5.74) is 2.69. The summed E-state index contributed by atoms with van der Waals surface area (Å²) in [6.45, 7) is 3.67. The van der Waals surface area contributed by atoms with Gasteiger partial charge in [-0.05, 0) is 50.1 Å². The van der Waals surface area contributed by atoms with Gasteiger partial charge in [0.1, 0.15) is 23.6 Å². The van der Waals surface area contributed by atoms with Gasteiger partial charge in [-0.1, -0.05) is 6.07 Å². The molecule has 180 valence electrons. The SMILES string of the molecule is COc1cccc2c1[C@@H]1CN(CCCCc3c(O)c4ccc5ncncc5c4[nH]c3=O)C[C@@H]1CO2. The molecule has 35 heavy (non-hydrogen) atoms. The van der Waals surface area contributed by atoms with Crippen molar-refractivity contribution in [3.63, 3.8) is 0 Å². The van der Waals surface area contributed by atoms with Crippen molar-refractivity contribution >= 4 is 21.8 Å². The summed E-state index contributed by atoms with van der Waals surface area (Å²) in [5.74, 6) is 2.79. The van der Waals surface area contributed by atoms with E-state index in [1.807, 2.05) is 24.3 Å². The number of methoxy groups -OCH3 is 1. The third kappa shape index (κ3) is 3.78. The minimum Gasteiger partial charge on any atom is -0.507 e. The van der Waals surface area contributed by atoms with Crippen molar-refractivity contribution in [2.75, 3.05) is 33.4 Å². The number of H-pyrrole nitrogens is 1. The molecule has 2 atom stereocenters. The van der Waals surface area contributed by atoms with Crippen molar-refractivity contribution in [1.29, 1.82) is 0 Å². The maximum absolute atomic E-state index is 12.8. The largest absolute Gasteiger partial charge is 0.507 e. The van der Waals surface area contributed by atoms with Gasteiger partial charge in [0.25, 0.3) is 5.56 Å². The lowest BCUT2D eigenvalue weighted by molar-refractivity contribution is 0.209. The molecular weight excluding hydrogens is 444 g/mol. The molecule has 0 aliphatic carbocycles. The Kier molecular flexibility index (Phi) is 5.53. The number of nitrogens with zero attached hydrogens (tertiary/aromatic N) is 3. The Morgan fingerprint density at radius 3 is 3.00 bits per heavy atom. The molecule has 0 spiro atoms. The third-order valence-electron chi connectivity index (χ3n) is 7.48. The van der Waals surface area contributed by atoms with Gasteiger partial charge in [-0.15, -0.1) is 0 Å². The molecule has 0 amide bonds. The van der Waals surface area contributed by atoms with Crippen LogP contribution in [0.4, 0.5) is 0 Å². The van der Waals surface area contributed by atoms with Gasteiger partial charge in [0, 0.05) is 47.5 Å². The minimum atomic E-state index is -0.251. The van der Waals surface area contributed by atoms with Crippen molar-refractivity contribution in [3.05, 3.63) is 64.3 Å². The summed E-state index contributed by atoms with van der Waals surface area (Å²) >= 11 is 0. The van der Waals surface area contributed by atoms with E-state index in [0.29, 0.717) is 34.7 Å². The van der Waals surface area contributed by atoms with Crippen molar-refractivity contribution in [1.82, 2.24) is 19.9 Å². The molecule has 0 unspecified atom stereocenters. The van der Waals surface area contributed by atoms with Crippen molar-refractivity contribution < 1.29 is 14.6 Å². The van der Waals surface area contributed by atoms with Crippen LogP contribution in [0.15, 0.2) is 47.7 Å². The van der Waals surface area contributed by atoms with E-state index in [1.165, 1.54) is 11.9 Å². The number of unbranched alkanes of at least 4 members (excludes halogenated alkanes) is 1. The molecule has 1 saturated heterocycles. The molecule has 2 aromatic carbocycles. The number of ether oxygens (including phenoxy) is 2. The normalized spacial score (nSPS) is 19.5. The summed E-state index contributed by atoms with van der Waals surface area (Å²) in [4.78, 5) is 26.5. The molecule has 2 aliphatic rings. The van der Waals surface area contributed by atoms with Gasteiger partial charge in [-0.3, -0.25) is 4.79 Å². The Labute approximate surface area is 202 Å². The van der Waals surface area contributed by atoms with Crippen LogP contribution in [0.5, 0.6) is 17.2 Å². The van der Waals surface area contributed by atoms with E-state index >= 15 is 0 Å². The van der Waals surface area contributed by atoms with Gasteiger partial charge in [0.05, 0.1) is 30.3 Å². The van der Waals surface area contributed by atoms with Crippen LogP contribution >= 0.6 is 0 Å². The molecule has 2 N–H and O–H groups in total. The Hall–Kier alpha value is -3.65. The lowest BCUT2D eigenvalue weighted by atomic mass is 9.86. The van der Waals surface area contributed by atoms with Crippen LogP contribution in [-0.4, -0.2) is 58.3 Å². The fourth-order valence-corrected chi connectivity index (χ4v) is 5.74. The molecule has 2 aliphatic heterocycles. The second kappa shape index (κ2) is 8.85. The number of aromatic nitrogens is 3. The fraction of sp³-hybridized carbons (Fsp3) is 0.370. The molecule has 4 heterocycles. The molecule has 1 fully saturated rings. The quantitative estimate of drug-likeness (QED) is 0.327. The van der Waals surface area contributed by atoms with Crippen LogP contribution in [0.3, 0.4) is 0 Å². The Bertz CT molecular complexity index is 1450. The smallest absolute Gasteiger partial charge is 0.255 e. The number of likely N-dealkylation sites (tertiary alicyclic amines) is 1. The highest BCUT2D eigenvalue weighted by molar-refractivity contribution is 6.05. The van der Waals surface area contributed by atoms with Crippen LogP contribution in [0.1, 0.15) is 29.9 Å². The van der Waals surface area contributed by atoms with Gasteiger partial charge in [0.15, 0.2) is 0 Å². The second-order valence-corrected chi connectivity index (χ2v) is 9.49. The number of aromatic hydroxyl groups is 1. The van der Waals surface area contributed by atoms with Gasteiger partial charge in [-0.25, -0.2) is 9.97 Å². The highest BCUT2D eigenvalue weighted by atomic mass is 16.5. The van der Waals surface area contributed by atoms with Crippen LogP contribution in [0.25, 0.3) is 21.8 Å². The van der Waals surface area contributed by atoms with Crippen LogP contribution in [-0.2, 0) is 6.42 Å². The molecule has 0 saturated carbocycles. The second-order valence-electron chi connectivity index (χ2n) is 9.49. The van der Waals surface area contributed by atoms with E-state index in [1.54, 1.807) is 19.4 Å². The Morgan fingerprint density at radius 2 is 2.11 bits per heavy atom. The van der Waals surface area contributed by atoms with E-state index in [2.05, 4.69) is 19.9 Å². The van der Waals surface area contributed by atoms with E-state index in [-0.39, 0.29) is 11.3 Å². The molecular formula is C27H28N4O4. The van der Waals surface area contributed by atoms with E-state index in [4.69, 9.17) is 9.47 Å². The number of hydrogen-bond acceptors (Lipinski definition) is 7. The Balaban J connectivity index is 1.13. The van der Waals surface area contributed by atoms with E-state index in [9.17, 15) is 9.90 Å². The number of aromatic amines is 1. The lowest BCUT2D eigenvalue weighted by Gasteiger charge is -2.29. The molecule has 2 aromatic heterocycles. The number of rotatable bonds is 6. The van der Waals surface area contributed by atoms with E-state index < -0.39 is 0 Å². The maximum Gasteiger partial charge on any atom is 0.255 e. The van der Waals surface area contributed by atoms with Gasteiger partial charge < -0.3 is 24.5 Å². The van der Waals surface area contributed by atoms with Crippen molar-refractivity contribution in [2.45, 2.75) is 25.2 Å². The first-order valence-electron chi connectivity index (χ1n) is 12.1. The van der Waals surface area contributed by atoms with Crippen LogP contribution < -0.4 is 15.0 Å². The van der Waals surface area contributed by atoms with Crippen molar-refractivity contribution in [3.8, 4) is 17.2 Å². The first kappa shape index (κ1) is 21.9. The topological polar surface area (TPSA) is 101 Å². The summed E-state index contributed by atoms with van der Waals surface area (Å²) < 4.78 is 11.6. The molecule has 0 radical (unpaired) electrons. The zero-order chi connectivity index (χ0) is 23.9. The molecule has 8 nitrogen and oxygen atoms in total. The first-order chi connectivity index (χ1) is 17.1. The van der Waals surface area contributed by atoms with Gasteiger partial charge >= 0.3 is 0 Å². The molecule has 4 aromatic rings. The monoisotopic (exact) mass is 472 g/mol. The third-order valence-corrected chi connectivity index (χ3v) is 7.48. The first-order valence-corrected chi connectivity index (χ1v) is 12.1. The van der Waals surface area contributed by atoms with Crippen LogP contribution in [0, 0.1) is 5.92 Å². The maximum atomic E-state index is 12.8. The molecule has 6 rings (SSSR count). The van der Waals surface area contributed by atoms with Crippen molar-refractivity contribution in [2.24, 2.45) is 5.92 Å². The highest BCUT2D eigenvalue weighted by Crippen LogP contribution is 2.46. The molecule has 8 heteroatoms. The standard InChI is InChI=1S/C27H28N4O4/c1-34-22-6-4-7-23-24(22)20-13-31(12-16(20)14-35-23)10-3-2-5-18-26(32)17-8-9-21-19(11-28-15-29-21)25(17)30-27(18)33/h4,6-9,11,15-16,20H,2-3,5,10,12-14H2,1H3,(H2,30,32,33)/t16-,20-/m1/s1. The van der Waals surface area contributed by atoms with E-state index in [0.717, 1.165) is 61.5 Å². The summed E-state index contributed by atoms with van der Waals surface area (Å²) in [6, 6.07) is 9.66. The summed E-state index contributed by atoms with van der Waals surface area (Å²) in [7, 11) is 1.71. The predicted octanol–water partition coefficient (Wildman–Crippen LogP) is 3.62. The number of fused-ring (bicyclic) bond motifs is 6. The van der Waals surface area contributed by atoms with Crippen LogP contribution in [0.2, 0.25) is 0 Å². The summed E-state index contributed by atoms with van der Waals surface area (Å²) in [5, 5.41) is 12.2. The number of benzene rings is 2. The highest BCUT2D eigenvalue weighted by Gasteiger charge is 2.40. The minimum absolute atomic E-state index is 0.0579.